The van der Waals surface area contributed by atoms with Gasteiger partial charge in [-0.05, 0) is 83.5 Å². The molecular weight excluding hydrogens is 766 g/mol. The molecule has 0 amide bonds. The van der Waals surface area contributed by atoms with Gasteiger partial charge in [0.05, 0.1) is 33.9 Å². The summed E-state index contributed by atoms with van der Waals surface area (Å²) in [7, 11) is 0.989. The van der Waals surface area contributed by atoms with Gasteiger partial charge in [-0.15, -0.1) is 0 Å². The van der Waals surface area contributed by atoms with Crippen LogP contribution in [0.4, 0.5) is 0 Å². The maximum atomic E-state index is 12.7. The average Bonchev–Trinajstić information content (AvgIpc) is 3.18. The van der Waals surface area contributed by atoms with Gasteiger partial charge >= 0.3 is 11.9 Å². The molecule has 11 heteroatoms. The maximum Gasteiger partial charge on any atom is 0.306 e. The quantitative estimate of drug-likeness (QED) is 0.0164. The number of esters is 2. The first-order valence-corrected chi connectivity index (χ1v) is 22.8. The van der Waals surface area contributed by atoms with Crippen molar-refractivity contribution in [1.29, 1.82) is 0 Å². The number of phosphoric ester groups is 1. The Morgan fingerprint density at radius 1 is 0.627 bits per heavy atom. The second kappa shape index (κ2) is 38.6. The summed E-state index contributed by atoms with van der Waals surface area (Å²) in [5.74, 6) is -1.12. The van der Waals surface area contributed by atoms with Crippen LogP contribution in [-0.2, 0) is 32.7 Å². The van der Waals surface area contributed by atoms with E-state index in [-0.39, 0.29) is 26.1 Å². The highest BCUT2D eigenvalue weighted by molar-refractivity contribution is 7.45. The molecule has 332 valence electrons. The molecule has 0 bridgehead atoms. The minimum Gasteiger partial charge on any atom is -0.756 e. The summed E-state index contributed by atoms with van der Waals surface area (Å²) in [6.07, 6.45) is 49.8. The van der Waals surface area contributed by atoms with Gasteiger partial charge in [0.15, 0.2) is 6.10 Å². The summed E-state index contributed by atoms with van der Waals surface area (Å²) < 4.78 is 33.6. The Labute approximate surface area is 357 Å². The summed E-state index contributed by atoms with van der Waals surface area (Å²) in [6.45, 7) is 3.66. The molecule has 10 nitrogen and oxygen atoms in total. The lowest BCUT2D eigenvalue weighted by molar-refractivity contribution is -0.870. The molecular formula is C48H76NO9P. The van der Waals surface area contributed by atoms with Gasteiger partial charge < -0.3 is 33.0 Å². The zero-order chi connectivity index (χ0) is 43.7. The van der Waals surface area contributed by atoms with E-state index >= 15 is 0 Å². The number of phosphoric acid groups is 1. The van der Waals surface area contributed by atoms with Crippen LogP contribution in [0.5, 0.6) is 0 Å². The molecule has 2 unspecified atom stereocenters. The van der Waals surface area contributed by atoms with E-state index < -0.39 is 38.6 Å². The Morgan fingerprint density at radius 2 is 1.10 bits per heavy atom. The fourth-order valence-electron chi connectivity index (χ4n) is 4.77. The lowest BCUT2D eigenvalue weighted by Crippen LogP contribution is -2.37. The first kappa shape index (κ1) is 55.4. The smallest absolute Gasteiger partial charge is 0.306 e. The van der Waals surface area contributed by atoms with Crippen molar-refractivity contribution < 1.29 is 47.2 Å². The third kappa shape index (κ3) is 42.3. The van der Waals surface area contributed by atoms with Crippen LogP contribution in [0, 0.1) is 0 Å². The molecule has 0 aromatic rings. The average molecular weight is 842 g/mol. The molecule has 0 aromatic heterocycles. The fourth-order valence-corrected chi connectivity index (χ4v) is 5.50. The molecule has 0 aliphatic rings. The number of rotatable bonds is 36. The standard InChI is InChI=1S/C48H76NO9P/c1-6-8-10-12-14-16-18-20-21-22-23-25-27-29-31-33-35-39-47(51)55-43-46(44-57-59(53,54)56-42-41-49(3,4)5)58-48(52)40-36-38-45(50)37-34-32-30-28-26-24-19-17-15-13-11-9-7-2/h8-11,14-17,20-21,23-26,29-32,34,37,45-46,50H,6-7,12-13,18-19,22,27-28,33,35-36,38-44H2,1-5H3/b10-8-,11-9-,16-14-,17-15-,21-20-,25-23-,26-24-,31-29-,32-30-,37-34+/t45?,46-/m1/s1. The molecule has 3 atom stereocenters. The summed E-state index contributed by atoms with van der Waals surface area (Å²) in [5.41, 5.74) is 0. The number of nitrogens with zero attached hydrogens (tertiary/aromatic N) is 1. The summed E-state index contributed by atoms with van der Waals surface area (Å²) in [4.78, 5) is 37.5. The molecule has 59 heavy (non-hydrogen) atoms. The van der Waals surface area contributed by atoms with Gasteiger partial charge in [0.25, 0.3) is 7.82 Å². The van der Waals surface area contributed by atoms with Crippen LogP contribution in [0.15, 0.2) is 122 Å². The molecule has 0 aromatic carbocycles. The maximum absolute atomic E-state index is 12.7. The fraction of sp³-hybridized carbons (Fsp3) is 0.542. The Kier molecular flexibility index (Phi) is 36.2. The number of carbonyl (C=O) groups excluding carboxylic acids is 2. The van der Waals surface area contributed by atoms with Crippen molar-refractivity contribution in [2.24, 2.45) is 0 Å². The number of hydrogen-bond acceptors (Lipinski definition) is 9. The van der Waals surface area contributed by atoms with E-state index in [1.165, 1.54) is 0 Å². The number of quaternary nitrogens is 1. The molecule has 0 rings (SSSR count). The molecule has 1 N–H and O–H groups in total. The predicted octanol–water partition coefficient (Wildman–Crippen LogP) is 10.5. The monoisotopic (exact) mass is 842 g/mol. The highest BCUT2D eigenvalue weighted by Crippen LogP contribution is 2.38. The Morgan fingerprint density at radius 3 is 1.61 bits per heavy atom. The molecule has 0 heterocycles. The molecule has 0 aliphatic carbocycles. The van der Waals surface area contributed by atoms with Crippen LogP contribution >= 0.6 is 7.82 Å². The highest BCUT2D eigenvalue weighted by Gasteiger charge is 2.22. The predicted molar refractivity (Wildman–Crippen MR) is 241 cm³/mol. The zero-order valence-corrected chi connectivity index (χ0v) is 37.6. The SMILES string of the molecule is CC/C=C\C/C=C\C/C=C\C/C=C\C=C\C(O)CCCC(=O)O[C@H](COC(=O)CCC/C=C\C/C=C\C/C=C\C/C=C\C/C=C\CC)COP(=O)([O-])OCC[N+](C)(C)C. The van der Waals surface area contributed by atoms with Gasteiger partial charge in [0.1, 0.15) is 19.8 Å². The van der Waals surface area contributed by atoms with Crippen LogP contribution < -0.4 is 4.89 Å². The minimum absolute atomic E-state index is 0.0262. The highest BCUT2D eigenvalue weighted by atomic mass is 31.2. The minimum atomic E-state index is -4.70. The van der Waals surface area contributed by atoms with E-state index in [9.17, 15) is 24.2 Å². The second-order valence-electron chi connectivity index (χ2n) is 14.8. The number of allylic oxidation sites excluding steroid dienone is 19. The summed E-state index contributed by atoms with van der Waals surface area (Å²) in [5, 5.41) is 10.3. The molecule has 0 fully saturated rings. The van der Waals surface area contributed by atoms with Gasteiger partial charge in [-0.1, -0.05) is 135 Å². The first-order valence-electron chi connectivity index (χ1n) is 21.4. The third-order valence-corrected chi connectivity index (χ3v) is 9.05. The number of likely N-dealkylation sites (N-methyl/N-ethyl adjacent to an activating group) is 1. The molecule has 0 saturated heterocycles. The van der Waals surface area contributed by atoms with E-state index in [1.54, 1.807) is 12.2 Å². The van der Waals surface area contributed by atoms with Gasteiger partial charge in [-0.3, -0.25) is 14.2 Å². The molecule has 0 aliphatic heterocycles. The number of hydrogen-bond donors (Lipinski definition) is 1. The zero-order valence-electron chi connectivity index (χ0n) is 36.7. The van der Waals surface area contributed by atoms with Crippen molar-refractivity contribution in [2.45, 2.75) is 122 Å². The van der Waals surface area contributed by atoms with Crippen molar-refractivity contribution in [3.05, 3.63) is 122 Å². The van der Waals surface area contributed by atoms with Crippen molar-refractivity contribution in [3.63, 3.8) is 0 Å². The Balaban J connectivity index is 4.70. The number of ether oxygens (including phenoxy) is 2. The lowest BCUT2D eigenvalue weighted by atomic mass is 10.1. The summed E-state index contributed by atoms with van der Waals surface area (Å²) in [6, 6.07) is 0. The van der Waals surface area contributed by atoms with Crippen LogP contribution in [0.2, 0.25) is 0 Å². The van der Waals surface area contributed by atoms with Crippen molar-refractivity contribution in [2.75, 3.05) is 47.5 Å². The molecule has 0 saturated carbocycles. The van der Waals surface area contributed by atoms with Gasteiger partial charge in [-0.25, -0.2) is 0 Å². The van der Waals surface area contributed by atoms with Gasteiger partial charge in [-0.2, -0.15) is 0 Å². The van der Waals surface area contributed by atoms with E-state index in [2.05, 4.69) is 105 Å². The topological polar surface area (TPSA) is 131 Å². The largest absolute Gasteiger partial charge is 0.756 e. The van der Waals surface area contributed by atoms with Gasteiger partial charge in [0.2, 0.25) is 0 Å². The number of unbranched alkanes of at least 4 members (excludes halogenated alkanes) is 1. The first-order chi connectivity index (χ1) is 28.4. The van der Waals surface area contributed by atoms with Crippen LogP contribution in [0.25, 0.3) is 0 Å². The lowest BCUT2D eigenvalue weighted by Gasteiger charge is -2.28. The van der Waals surface area contributed by atoms with Crippen molar-refractivity contribution >= 4 is 19.8 Å². The van der Waals surface area contributed by atoms with E-state index in [1.807, 2.05) is 39.4 Å². The second-order valence-corrected chi connectivity index (χ2v) is 16.2. The Bertz CT molecular complexity index is 1430. The molecule has 0 spiro atoms. The van der Waals surface area contributed by atoms with Crippen LogP contribution in [0.3, 0.4) is 0 Å². The number of aliphatic hydroxyl groups excluding tert-OH is 1. The van der Waals surface area contributed by atoms with E-state index in [0.29, 0.717) is 36.7 Å². The van der Waals surface area contributed by atoms with E-state index in [4.69, 9.17) is 18.5 Å². The van der Waals surface area contributed by atoms with Crippen LogP contribution in [0.1, 0.15) is 110 Å². The number of aliphatic hydroxyl groups is 1. The van der Waals surface area contributed by atoms with Gasteiger partial charge in [0, 0.05) is 12.8 Å². The normalized spacial score (nSPS) is 15.3. The summed E-state index contributed by atoms with van der Waals surface area (Å²) >= 11 is 0. The Hall–Kier alpha value is -3.63. The third-order valence-electron chi connectivity index (χ3n) is 8.08. The van der Waals surface area contributed by atoms with Crippen molar-refractivity contribution in [3.8, 4) is 0 Å². The van der Waals surface area contributed by atoms with Crippen molar-refractivity contribution in [1.82, 2.24) is 0 Å². The van der Waals surface area contributed by atoms with Crippen LogP contribution in [-0.4, -0.2) is 81.2 Å². The number of carbonyl (C=O) groups is 2. The molecule has 0 radical (unpaired) electrons. The van der Waals surface area contributed by atoms with E-state index in [0.717, 1.165) is 57.8 Å².